The van der Waals surface area contributed by atoms with Gasteiger partial charge < -0.3 is 4.74 Å². The molecule has 9 heteroatoms. The van der Waals surface area contributed by atoms with Gasteiger partial charge in [0.2, 0.25) is 5.88 Å². The molecule has 0 saturated carbocycles. The van der Waals surface area contributed by atoms with Crippen LogP contribution in [0.5, 0.6) is 5.88 Å². The average Bonchev–Trinajstić information content (AvgIpc) is 2.70. The van der Waals surface area contributed by atoms with E-state index in [4.69, 9.17) is 0 Å². The highest BCUT2D eigenvalue weighted by Gasteiger charge is 2.48. The number of pyridine rings is 1. The van der Waals surface area contributed by atoms with Gasteiger partial charge in [-0.1, -0.05) is 0 Å². The number of hydrogen-bond acceptors (Lipinski definition) is 5. The van der Waals surface area contributed by atoms with E-state index in [-0.39, 0.29) is 23.1 Å². The molecule has 2 bridgehead atoms. The second-order valence-corrected chi connectivity index (χ2v) is 8.74. The molecule has 0 radical (unpaired) electrons. The molecule has 2 unspecified atom stereocenters. The molecule has 5 nitrogen and oxygen atoms in total. The first-order valence-electron chi connectivity index (χ1n) is 7.59. The third-order valence-corrected chi connectivity index (χ3v) is 7.32. The topological polar surface area (TPSA) is 73.3 Å². The molecule has 2 aliphatic heterocycles. The van der Waals surface area contributed by atoms with Crippen molar-refractivity contribution in [3.63, 3.8) is 0 Å². The molecule has 2 aliphatic rings. The van der Waals surface area contributed by atoms with Gasteiger partial charge in [0.05, 0.1) is 10.5 Å². The quantitative estimate of drug-likeness (QED) is 0.769. The van der Waals surface area contributed by atoms with Crippen molar-refractivity contribution in [1.82, 2.24) is 4.98 Å². The van der Waals surface area contributed by atoms with Gasteiger partial charge in [0.1, 0.15) is 0 Å². The molecule has 0 aromatic carbocycles. The minimum absolute atomic E-state index is 0.211. The van der Waals surface area contributed by atoms with Gasteiger partial charge in [0.15, 0.2) is 22.2 Å². The molecule has 132 valence electrons. The molecule has 2 atom stereocenters. The lowest BCUT2D eigenvalue weighted by Gasteiger charge is -2.26. The van der Waals surface area contributed by atoms with Crippen molar-refractivity contribution in [2.24, 2.45) is 5.92 Å². The highest BCUT2D eigenvalue weighted by molar-refractivity contribution is 7.93. The first-order chi connectivity index (χ1) is 11.2. The van der Waals surface area contributed by atoms with Crippen molar-refractivity contribution < 1.29 is 31.1 Å². The van der Waals surface area contributed by atoms with Crippen LogP contribution in [0.4, 0.5) is 13.2 Å². The molecule has 0 spiro atoms. The minimum Gasteiger partial charge on any atom is -0.468 e. The van der Waals surface area contributed by atoms with E-state index in [0.717, 1.165) is 0 Å². The zero-order chi connectivity index (χ0) is 17.5. The van der Waals surface area contributed by atoms with Gasteiger partial charge >= 0.3 is 6.18 Å². The summed E-state index contributed by atoms with van der Waals surface area (Å²) in [7, 11) is -3.10. The Morgan fingerprint density at radius 3 is 2.33 bits per heavy atom. The predicted molar refractivity (Wildman–Crippen MR) is 78.6 cm³/mol. The van der Waals surface area contributed by atoms with E-state index in [2.05, 4.69) is 9.72 Å². The molecule has 24 heavy (non-hydrogen) atoms. The normalized spacial score (nSPS) is 28.5. The van der Waals surface area contributed by atoms with Crippen molar-refractivity contribution >= 4 is 15.6 Å². The number of sulfone groups is 1. The summed E-state index contributed by atoms with van der Waals surface area (Å²) in [5, 5.41) is -0.903. The van der Waals surface area contributed by atoms with E-state index in [9.17, 15) is 26.4 Å². The number of Topliss-reactive ketones (excluding diaryl/α,β-unsaturated/α-hetero) is 1. The zero-order valence-electron chi connectivity index (χ0n) is 12.6. The van der Waals surface area contributed by atoms with Crippen LogP contribution in [0.1, 0.15) is 36.0 Å². The molecule has 2 saturated heterocycles. The molecule has 3 heterocycles. The van der Waals surface area contributed by atoms with Crippen LogP contribution >= 0.6 is 0 Å². The van der Waals surface area contributed by atoms with Crippen LogP contribution in [-0.4, -0.2) is 42.5 Å². The lowest BCUT2D eigenvalue weighted by Crippen LogP contribution is -2.36. The first kappa shape index (κ1) is 17.2. The highest BCUT2D eigenvalue weighted by Crippen LogP contribution is 2.42. The highest BCUT2D eigenvalue weighted by atomic mass is 32.2. The Morgan fingerprint density at radius 2 is 1.83 bits per heavy atom. The number of carbonyl (C=O) groups excluding carboxylic acids is 1. The minimum atomic E-state index is -4.46. The molecule has 0 N–H and O–H groups in total. The lowest BCUT2D eigenvalue weighted by atomic mass is 9.91. The van der Waals surface area contributed by atoms with Crippen molar-refractivity contribution in [2.75, 3.05) is 6.61 Å². The zero-order valence-corrected chi connectivity index (χ0v) is 13.4. The number of rotatable bonds is 4. The smallest absolute Gasteiger partial charge is 0.422 e. The number of carbonyl (C=O) groups is 1. The standard InChI is InChI=1S/C15H16F3NO4S/c16-15(17,18)8-23-13-4-1-9(7-19-13)14(20)10-5-11-2-3-12(6-10)24(11,21)22/h1,4,7,10-12H,2-3,5-6,8H2. The van der Waals surface area contributed by atoms with Crippen molar-refractivity contribution in [2.45, 2.75) is 42.4 Å². The molecule has 0 aliphatic carbocycles. The van der Waals surface area contributed by atoms with Gasteiger partial charge in [0.25, 0.3) is 0 Å². The van der Waals surface area contributed by atoms with Crippen molar-refractivity contribution in [3.8, 4) is 5.88 Å². The third-order valence-electron chi connectivity index (χ3n) is 4.61. The summed E-state index contributed by atoms with van der Waals surface area (Å²) in [4.78, 5) is 16.2. The summed E-state index contributed by atoms with van der Waals surface area (Å²) in [5.74, 6) is -0.804. The molecule has 0 amide bonds. The monoisotopic (exact) mass is 363 g/mol. The number of ether oxygens (including phenoxy) is 1. The fourth-order valence-electron chi connectivity index (χ4n) is 3.42. The van der Waals surface area contributed by atoms with Gasteiger partial charge in [-0.15, -0.1) is 0 Å². The molecule has 1 aromatic heterocycles. The van der Waals surface area contributed by atoms with Gasteiger partial charge in [-0.25, -0.2) is 13.4 Å². The number of fused-ring (bicyclic) bond motifs is 2. The fourth-order valence-corrected chi connectivity index (χ4v) is 5.90. The SMILES string of the molecule is O=C(c1ccc(OCC(F)(F)F)nc1)C1CC2CCC(C1)S2(=O)=O. The molecular weight excluding hydrogens is 347 g/mol. The van der Waals surface area contributed by atoms with Crippen molar-refractivity contribution in [1.29, 1.82) is 0 Å². The van der Waals surface area contributed by atoms with Crippen LogP contribution < -0.4 is 4.74 Å². The third kappa shape index (κ3) is 3.40. The summed E-state index contributed by atoms with van der Waals surface area (Å²) in [6.07, 6.45) is -1.46. The van der Waals surface area contributed by atoms with Gasteiger partial charge in [-0.3, -0.25) is 4.79 Å². The number of hydrogen-bond donors (Lipinski definition) is 0. The Morgan fingerprint density at radius 1 is 1.21 bits per heavy atom. The van der Waals surface area contributed by atoms with E-state index in [0.29, 0.717) is 25.7 Å². The Hall–Kier alpha value is -1.64. The number of nitrogens with zero attached hydrogens (tertiary/aromatic N) is 1. The Balaban J connectivity index is 1.66. The van der Waals surface area contributed by atoms with Gasteiger partial charge in [-0.05, 0) is 31.7 Å². The van der Waals surface area contributed by atoms with E-state index < -0.39 is 33.1 Å². The maximum Gasteiger partial charge on any atom is 0.422 e. The second-order valence-electron chi connectivity index (χ2n) is 6.23. The number of ketones is 1. The van der Waals surface area contributed by atoms with Crippen LogP contribution in [0.15, 0.2) is 18.3 Å². The number of aromatic nitrogens is 1. The number of halogens is 3. The largest absolute Gasteiger partial charge is 0.468 e. The maximum atomic E-state index is 12.5. The lowest BCUT2D eigenvalue weighted by molar-refractivity contribution is -0.154. The summed E-state index contributed by atoms with van der Waals surface area (Å²) >= 11 is 0. The molecule has 1 aromatic rings. The average molecular weight is 363 g/mol. The Bertz CT molecular complexity index is 710. The predicted octanol–water partition coefficient (Wildman–Crippen LogP) is 2.56. The summed E-state index contributed by atoms with van der Waals surface area (Å²) in [5.41, 5.74) is 0.262. The summed E-state index contributed by atoms with van der Waals surface area (Å²) in [6.45, 7) is -1.45. The van der Waals surface area contributed by atoms with Gasteiger partial charge in [0, 0.05) is 23.7 Å². The molecule has 2 fully saturated rings. The number of alkyl halides is 3. The van der Waals surface area contributed by atoms with Crippen LogP contribution in [0.2, 0.25) is 0 Å². The molecule has 3 rings (SSSR count). The first-order valence-corrected chi connectivity index (χ1v) is 9.20. The van der Waals surface area contributed by atoms with E-state index >= 15 is 0 Å². The van der Waals surface area contributed by atoms with E-state index in [1.54, 1.807) is 0 Å². The van der Waals surface area contributed by atoms with E-state index in [1.165, 1.54) is 18.3 Å². The van der Waals surface area contributed by atoms with Crippen molar-refractivity contribution in [3.05, 3.63) is 23.9 Å². The van der Waals surface area contributed by atoms with Crippen LogP contribution in [-0.2, 0) is 9.84 Å². The van der Waals surface area contributed by atoms with Crippen LogP contribution in [0, 0.1) is 5.92 Å². The second kappa shape index (κ2) is 6.02. The molecular formula is C15H16F3NO4S. The van der Waals surface area contributed by atoms with E-state index in [1.807, 2.05) is 0 Å². The van der Waals surface area contributed by atoms with Gasteiger partial charge in [-0.2, -0.15) is 13.2 Å². The Labute approximate surface area is 137 Å². The van der Waals surface area contributed by atoms with Crippen LogP contribution in [0.25, 0.3) is 0 Å². The summed E-state index contributed by atoms with van der Waals surface area (Å²) < 4.78 is 64.8. The van der Waals surface area contributed by atoms with Crippen LogP contribution in [0.3, 0.4) is 0 Å². The maximum absolute atomic E-state index is 12.5. The summed E-state index contributed by atoms with van der Waals surface area (Å²) in [6, 6.07) is 2.58. The fraction of sp³-hybridized carbons (Fsp3) is 0.600. The Kier molecular flexibility index (Phi) is 4.31.